The third kappa shape index (κ3) is 6.82. The lowest BCUT2D eigenvalue weighted by atomic mass is 9.87. The van der Waals surface area contributed by atoms with Gasteiger partial charge in [-0.3, -0.25) is 14.2 Å². The fraction of sp³-hybridized carbons (Fsp3) is 0.400. The number of rotatable bonds is 10. The van der Waals surface area contributed by atoms with E-state index in [1.807, 2.05) is 49.4 Å². The molecule has 1 atom stereocenters. The number of nitrogens with zero attached hydrogens (tertiary/aromatic N) is 1. The van der Waals surface area contributed by atoms with Crippen LogP contribution in [0.3, 0.4) is 0 Å². The maximum atomic E-state index is 14.9. The Hall–Kier alpha value is -2.64. The third-order valence-electron chi connectivity index (χ3n) is 6.72. The molecule has 0 radical (unpaired) electrons. The van der Waals surface area contributed by atoms with Gasteiger partial charge in [-0.1, -0.05) is 31.2 Å². The minimum atomic E-state index is -0.294. The van der Waals surface area contributed by atoms with Gasteiger partial charge in [0.05, 0.1) is 6.67 Å². The molecule has 1 saturated heterocycles. The number of likely N-dealkylation sites (tertiary alicyclic amines) is 1. The number of alkyl halides is 1. The highest BCUT2D eigenvalue weighted by molar-refractivity contribution is 7.99. The van der Waals surface area contributed by atoms with Gasteiger partial charge in [0.25, 0.3) is 0 Å². The molecule has 7 heteroatoms. The number of benzene rings is 2. The van der Waals surface area contributed by atoms with E-state index in [0.717, 1.165) is 71.1 Å². The number of thioether (sulfide) groups is 1. The van der Waals surface area contributed by atoms with Crippen molar-refractivity contribution in [2.45, 2.75) is 50.5 Å². The van der Waals surface area contributed by atoms with Gasteiger partial charge in [0.2, 0.25) is 0 Å². The summed E-state index contributed by atoms with van der Waals surface area (Å²) in [4.78, 5) is 7.12. The van der Waals surface area contributed by atoms with Gasteiger partial charge in [0.15, 0.2) is 5.75 Å². The lowest BCUT2D eigenvalue weighted by molar-refractivity contribution is -0.00646. The summed E-state index contributed by atoms with van der Waals surface area (Å²) in [5.74, 6) is 1.43. The highest BCUT2D eigenvalue weighted by atomic mass is 32.2. The maximum absolute atomic E-state index is 14.9. The molecular formula is C30H34F3NO2S. The van der Waals surface area contributed by atoms with Crippen molar-refractivity contribution in [1.82, 2.24) is 4.90 Å². The first-order valence-corrected chi connectivity index (χ1v) is 13.9. The van der Waals surface area contributed by atoms with Crippen LogP contribution in [0.4, 0.5) is 13.3 Å². The van der Waals surface area contributed by atoms with Crippen LogP contribution in [0.15, 0.2) is 76.5 Å². The second-order valence-corrected chi connectivity index (χ2v) is 10.5. The summed E-state index contributed by atoms with van der Waals surface area (Å²) in [5, 5.41) is 0. The van der Waals surface area contributed by atoms with Crippen molar-refractivity contribution >= 4 is 17.3 Å². The van der Waals surface area contributed by atoms with Gasteiger partial charge in [-0.15, -0.1) is 11.8 Å². The molecule has 37 heavy (non-hydrogen) atoms. The molecule has 0 N–H and O–H groups in total. The molecule has 0 aliphatic carbocycles. The molecular weight excluding hydrogens is 495 g/mol. The van der Waals surface area contributed by atoms with Gasteiger partial charge in [-0.05, 0) is 85.2 Å². The van der Waals surface area contributed by atoms with Gasteiger partial charge in [0, 0.05) is 40.4 Å². The van der Waals surface area contributed by atoms with E-state index in [1.165, 1.54) is 6.92 Å². The average molecular weight is 530 g/mol. The zero-order valence-electron chi connectivity index (χ0n) is 21.4. The quantitative estimate of drug-likeness (QED) is 0.289. The molecule has 198 valence electrons. The van der Waals surface area contributed by atoms with Gasteiger partial charge < -0.3 is 4.74 Å². The lowest BCUT2D eigenvalue weighted by Gasteiger charge is -2.19. The van der Waals surface area contributed by atoms with Crippen molar-refractivity contribution in [2.24, 2.45) is 0 Å². The first-order chi connectivity index (χ1) is 18.0. The highest BCUT2D eigenvalue weighted by Crippen LogP contribution is 2.44. The van der Waals surface area contributed by atoms with Crippen molar-refractivity contribution < 1.29 is 23.0 Å². The zero-order chi connectivity index (χ0) is 26.2. The molecule has 1 fully saturated rings. The molecule has 1 unspecified atom stereocenters. The van der Waals surface area contributed by atoms with Gasteiger partial charge in [0.1, 0.15) is 17.7 Å². The van der Waals surface area contributed by atoms with Crippen LogP contribution >= 0.6 is 11.8 Å². The Kier molecular flexibility index (Phi) is 9.81. The first kappa shape index (κ1) is 27.4. The van der Waals surface area contributed by atoms with E-state index < -0.39 is 0 Å². The van der Waals surface area contributed by atoms with Crippen LogP contribution in [0.25, 0.3) is 5.57 Å². The summed E-state index contributed by atoms with van der Waals surface area (Å²) >= 11 is 1.61. The minimum absolute atomic E-state index is 0.0808. The van der Waals surface area contributed by atoms with Crippen LogP contribution in [0.2, 0.25) is 0 Å². The number of hydrogen-bond donors (Lipinski definition) is 0. The Morgan fingerprint density at radius 1 is 1.16 bits per heavy atom. The molecule has 0 saturated carbocycles. The molecule has 2 aromatic carbocycles. The molecule has 0 amide bonds. The number of hydrogen-bond acceptors (Lipinski definition) is 4. The SMILES string of the molecule is CC/C=C\C(C1=C(c2ccc(OC3CCN(CCCF)C3)cc2)c2ccc(OF)cc2SCC1)=C(/C)F. The van der Waals surface area contributed by atoms with E-state index in [0.29, 0.717) is 18.4 Å². The van der Waals surface area contributed by atoms with Crippen molar-refractivity contribution in [3.05, 3.63) is 82.7 Å². The van der Waals surface area contributed by atoms with Gasteiger partial charge >= 0.3 is 0 Å². The van der Waals surface area contributed by atoms with Gasteiger partial charge in [-0.25, -0.2) is 4.39 Å². The second-order valence-electron chi connectivity index (χ2n) is 9.34. The number of fused-ring (bicyclic) bond motifs is 1. The highest BCUT2D eigenvalue weighted by Gasteiger charge is 2.25. The van der Waals surface area contributed by atoms with Crippen molar-refractivity contribution in [3.63, 3.8) is 0 Å². The first-order valence-electron chi connectivity index (χ1n) is 12.9. The molecule has 4 rings (SSSR count). The summed E-state index contributed by atoms with van der Waals surface area (Å²) in [6.45, 7) is 5.70. The molecule has 2 aromatic rings. The summed E-state index contributed by atoms with van der Waals surface area (Å²) < 4.78 is 46.5. The zero-order valence-corrected chi connectivity index (χ0v) is 22.3. The predicted molar refractivity (Wildman–Crippen MR) is 145 cm³/mol. The number of halogens is 3. The number of ether oxygens (including phenoxy) is 1. The summed E-state index contributed by atoms with van der Waals surface area (Å²) in [5.41, 5.74) is 4.33. The maximum Gasteiger partial charge on any atom is 0.173 e. The van der Waals surface area contributed by atoms with E-state index in [-0.39, 0.29) is 24.4 Å². The van der Waals surface area contributed by atoms with Crippen LogP contribution in [0.1, 0.15) is 50.7 Å². The second kappa shape index (κ2) is 13.2. The monoisotopic (exact) mass is 529 g/mol. The topological polar surface area (TPSA) is 21.7 Å². The van der Waals surface area contributed by atoms with Crippen molar-refractivity contribution in [1.29, 1.82) is 0 Å². The van der Waals surface area contributed by atoms with E-state index >= 15 is 0 Å². The molecule has 0 aromatic heterocycles. The fourth-order valence-electron chi connectivity index (χ4n) is 4.96. The summed E-state index contributed by atoms with van der Waals surface area (Å²) in [7, 11) is 0. The normalized spacial score (nSPS) is 19.1. The van der Waals surface area contributed by atoms with E-state index in [2.05, 4.69) is 9.84 Å². The Labute approximate surface area is 221 Å². The molecule has 2 aliphatic rings. The molecule has 2 aliphatic heterocycles. The molecule has 0 bridgehead atoms. The van der Waals surface area contributed by atoms with Crippen LogP contribution < -0.4 is 9.68 Å². The van der Waals surface area contributed by atoms with Crippen LogP contribution in [0, 0.1) is 0 Å². The largest absolute Gasteiger partial charge is 0.489 e. The Morgan fingerprint density at radius 2 is 1.95 bits per heavy atom. The third-order valence-corrected chi connectivity index (χ3v) is 7.78. The Bertz CT molecular complexity index is 1160. The predicted octanol–water partition coefficient (Wildman–Crippen LogP) is 8.27. The van der Waals surface area contributed by atoms with Crippen molar-refractivity contribution in [3.8, 4) is 11.5 Å². The number of allylic oxidation sites excluding steroid dienone is 5. The minimum Gasteiger partial charge on any atom is -0.489 e. The molecule has 2 heterocycles. The van der Waals surface area contributed by atoms with Crippen LogP contribution in [-0.4, -0.2) is 43.1 Å². The summed E-state index contributed by atoms with van der Waals surface area (Å²) in [6, 6.07) is 13.1. The van der Waals surface area contributed by atoms with Crippen LogP contribution in [0.5, 0.6) is 11.5 Å². The summed E-state index contributed by atoms with van der Waals surface area (Å²) in [6.07, 6.45) is 6.86. The van der Waals surface area contributed by atoms with E-state index in [1.54, 1.807) is 23.9 Å². The standard InChI is InChI=1S/C30H34F3NO2S/c1-3-4-6-26(21(2)32)27-14-18-37-29-19-24(36-33)11-12-28(29)30(27)22-7-9-23(10-8-22)35-25-13-17-34(20-25)16-5-15-31/h4,6-12,19,25H,3,5,13-18,20H2,1-2H3/b6-4-,26-21-. The van der Waals surface area contributed by atoms with Crippen LogP contribution in [-0.2, 0) is 0 Å². The van der Waals surface area contributed by atoms with E-state index in [9.17, 15) is 13.3 Å². The lowest BCUT2D eigenvalue weighted by Crippen LogP contribution is -2.26. The van der Waals surface area contributed by atoms with E-state index in [4.69, 9.17) is 4.74 Å². The smallest absolute Gasteiger partial charge is 0.173 e. The van der Waals surface area contributed by atoms with Gasteiger partial charge in [-0.2, -0.15) is 0 Å². The Balaban J connectivity index is 1.69. The molecule has 0 spiro atoms. The fourth-order valence-corrected chi connectivity index (χ4v) is 6.01. The average Bonchev–Trinajstić information content (AvgIpc) is 3.27. The Morgan fingerprint density at radius 3 is 2.65 bits per heavy atom. The molecule has 3 nitrogen and oxygen atoms in total. The van der Waals surface area contributed by atoms with Crippen molar-refractivity contribution in [2.75, 3.05) is 32.1 Å².